The van der Waals surface area contributed by atoms with E-state index in [4.69, 9.17) is 0 Å². The Balaban J connectivity index is 1.53. The quantitative estimate of drug-likeness (QED) is 0.487. The lowest BCUT2D eigenvalue weighted by molar-refractivity contribution is -0.139. The molecule has 168 valence electrons. The molecule has 3 aliphatic rings. The normalized spacial score (nSPS) is 26.1. The monoisotopic (exact) mass is 420 g/mol. The second-order valence-corrected chi connectivity index (χ2v) is 9.09. The summed E-state index contributed by atoms with van der Waals surface area (Å²) in [6.07, 6.45) is 7.95. The van der Waals surface area contributed by atoms with Gasteiger partial charge in [0.05, 0.1) is 5.92 Å². The molecule has 2 heterocycles. The lowest BCUT2D eigenvalue weighted by Gasteiger charge is -2.37. The molecule has 0 radical (unpaired) electrons. The summed E-state index contributed by atoms with van der Waals surface area (Å²) in [7, 11) is 0. The number of unbranched alkanes of at least 4 members (excludes halogenated alkanes) is 1. The molecular formula is C22H36N4O4. The van der Waals surface area contributed by atoms with Crippen molar-refractivity contribution in [1.82, 2.24) is 20.4 Å². The van der Waals surface area contributed by atoms with Crippen LogP contribution in [0.15, 0.2) is 0 Å². The zero-order valence-corrected chi connectivity index (χ0v) is 18.4. The van der Waals surface area contributed by atoms with Crippen LogP contribution in [0.3, 0.4) is 0 Å². The number of likely N-dealkylation sites (tertiary alicyclic amines) is 1. The molecule has 3 fully saturated rings. The number of urea groups is 1. The Bertz CT molecular complexity index is 674. The third-order valence-corrected chi connectivity index (χ3v) is 6.91. The van der Waals surface area contributed by atoms with Gasteiger partial charge in [-0.05, 0) is 39.0 Å². The van der Waals surface area contributed by atoms with Gasteiger partial charge in [0, 0.05) is 32.1 Å². The maximum Gasteiger partial charge on any atom is 0.325 e. The van der Waals surface area contributed by atoms with E-state index in [-0.39, 0.29) is 48.7 Å². The second kappa shape index (κ2) is 9.79. The molecule has 5 amide bonds. The summed E-state index contributed by atoms with van der Waals surface area (Å²) >= 11 is 0. The number of amides is 5. The van der Waals surface area contributed by atoms with Crippen LogP contribution >= 0.6 is 0 Å². The highest BCUT2D eigenvalue weighted by Gasteiger charge is 2.51. The van der Waals surface area contributed by atoms with E-state index in [1.54, 1.807) is 4.90 Å². The molecule has 1 aliphatic carbocycles. The molecule has 8 heteroatoms. The fourth-order valence-electron chi connectivity index (χ4n) is 4.93. The molecule has 3 rings (SSSR count). The smallest absolute Gasteiger partial charge is 0.325 e. The zero-order chi connectivity index (χ0) is 21.7. The predicted molar refractivity (Wildman–Crippen MR) is 112 cm³/mol. The van der Waals surface area contributed by atoms with Crippen LogP contribution in [0, 0.1) is 5.92 Å². The fraction of sp³-hybridized carbons (Fsp3) is 0.818. The summed E-state index contributed by atoms with van der Waals surface area (Å²) in [6.45, 7) is 5.25. The number of hydrogen-bond acceptors (Lipinski definition) is 4. The minimum Gasteiger partial charge on any atom is -0.356 e. The van der Waals surface area contributed by atoms with Gasteiger partial charge in [0.15, 0.2) is 0 Å². The first-order valence-corrected chi connectivity index (χ1v) is 11.6. The average molecular weight is 421 g/mol. The van der Waals surface area contributed by atoms with Gasteiger partial charge >= 0.3 is 6.03 Å². The molecule has 2 aliphatic heterocycles. The van der Waals surface area contributed by atoms with E-state index in [9.17, 15) is 19.2 Å². The van der Waals surface area contributed by atoms with Gasteiger partial charge in [0.2, 0.25) is 11.8 Å². The molecular weight excluding hydrogens is 384 g/mol. The predicted octanol–water partition coefficient (Wildman–Crippen LogP) is 2.17. The Morgan fingerprint density at radius 3 is 2.60 bits per heavy atom. The van der Waals surface area contributed by atoms with Gasteiger partial charge in [-0.3, -0.25) is 19.3 Å². The van der Waals surface area contributed by atoms with Crippen LogP contribution in [-0.4, -0.2) is 64.8 Å². The third kappa shape index (κ3) is 4.78. The van der Waals surface area contributed by atoms with Crippen molar-refractivity contribution in [2.75, 3.05) is 19.6 Å². The molecule has 8 nitrogen and oxygen atoms in total. The van der Waals surface area contributed by atoms with Crippen LogP contribution in [-0.2, 0) is 14.4 Å². The number of nitrogens with zero attached hydrogens (tertiary/aromatic N) is 2. The summed E-state index contributed by atoms with van der Waals surface area (Å²) < 4.78 is 0. The zero-order valence-electron chi connectivity index (χ0n) is 18.4. The second-order valence-electron chi connectivity index (χ2n) is 9.09. The molecule has 30 heavy (non-hydrogen) atoms. The first-order chi connectivity index (χ1) is 14.4. The van der Waals surface area contributed by atoms with Gasteiger partial charge in [0.1, 0.15) is 5.54 Å². The minimum atomic E-state index is -0.752. The van der Waals surface area contributed by atoms with Gasteiger partial charge in [-0.1, -0.05) is 32.6 Å². The van der Waals surface area contributed by atoms with E-state index in [0.29, 0.717) is 25.9 Å². The number of imide groups is 1. The first kappa shape index (κ1) is 22.6. The van der Waals surface area contributed by atoms with Crippen LogP contribution < -0.4 is 10.6 Å². The highest BCUT2D eigenvalue weighted by atomic mass is 16.2. The highest BCUT2D eigenvalue weighted by molar-refractivity contribution is 6.07. The van der Waals surface area contributed by atoms with E-state index in [1.807, 2.05) is 6.92 Å². The lowest BCUT2D eigenvalue weighted by atomic mass is 9.82. The molecule has 0 aromatic rings. The minimum absolute atomic E-state index is 0.0153. The highest BCUT2D eigenvalue weighted by Crippen LogP contribution is 2.33. The lowest BCUT2D eigenvalue weighted by Crippen LogP contribution is -2.50. The van der Waals surface area contributed by atoms with Gasteiger partial charge < -0.3 is 15.5 Å². The summed E-state index contributed by atoms with van der Waals surface area (Å²) in [5.74, 6) is -0.454. The molecule has 2 saturated heterocycles. The van der Waals surface area contributed by atoms with Gasteiger partial charge in [-0.15, -0.1) is 0 Å². The Kier molecular flexibility index (Phi) is 7.36. The van der Waals surface area contributed by atoms with Crippen LogP contribution in [0.25, 0.3) is 0 Å². The molecule has 1 saturated carbocycles. The van der Waals surface area contributed by atoms with Crippen molar-refractivity contribution >= 4 is 23.8 Å². The fourth-order valence-corrected chi connectivity index (χ4v) is 4.93. The van der Waals surface area contributed by atoms with E-state index >= 15 is 0 Å². The van der Waals surface area contributed by atoms with Crippen molar-refractivity contribution in [3.05, 3.63) is 0 Å². The van der Waals surface area contributed by atoms with E-state index in [1.165, 1.54) is 4.90 Å². The Morgan fingerprint density at radius 2 is 1.90 bits per heavy atom. The maximum absolute atomic E-state index is 12.9. The largest absolute Gasteiger partial charge is 0.356 e. The van der Waals surface area contributed by atoms with Gasteiger partial charge in [-0.2, -0.15) is 0 Å². The van der Waals surface area contributed by atoms with E-state index in [0.717, 1.165) is 44.9 Å². The van der Waals surface area contributed by atoms with E-state index < -0.39 is 5.54 Å². The van der Waals surface area contributed by atoms with Crippen molar-refractivity contribution in [3.63, 3.8) is 0 Å². The number of carbonyl (C=O) groups is 4. The third-order valence-electron chi connectivity index (χ3n) is 6.91. The molecule has 0 aromatic carbocycles. The van der Waals surface area contributed by atoms with Crippen LogP contribution in [0.5, 0.6) is 0 Å². The number of piperidine rings is 1. The SMILES string of the molecule is CCCCNC(=O)C1CCC(C)N(C(=O)CCN2C(=O)NC3(CCCCC3)C2=O)C1. The van der Waals surface area contributed by atoms with Crippen molar-refractivity contribution in [2.45, 2.75) is 89.6 Å². The van der Waals surface area contributed by atoms with Gasteiger partial charge in [0.25, 0.3) is 5.91 Å². The first-order valence-electron chi connectivity index (χ1n) is 11.6. The molecule has 2 atom stereocenters. The van der Waals surface area contributed by atoms with Crippen LogP contribution in [0.2, 0.25) is 0 Å². The topological polar surface area (TPSA) is 98.8 Å². The Hall–Kier alpha value is -2.12. The Labute approximate surface area is 179 Å². The summed E-state index contributed by atoms with van der Waals surface area (Å²) in [5.41, 5.74) is -0.752. The number of hydrogen-bond donors (Lipinski definition) is 2. The molecule has 2 N–H and O–H groups in total. The summed E-state index contributed by atoms with van der Waals surface area (Å²) in [5, 5.41) is 5.85. The van der Waals surface area contributed by atoms with Crippen molar-refractivity contribution < 1.29 is 19.2 Å². The number of rotatable bonds is 7. The van der Waals surface area contributed by atoms with Crippen LogP contribution in [0.4, 0.5) is 4.79 Å². The molecule has 0 bridgehead atoms. The molecule has 0 aromatic heterocycles. The number of nitrogens with one attached hydrogen (secondary N) is 2. The van der Waals surface area contributed by atoms with Crippen molar-refractivity contribution in [3.8, 4) is 0 Å². The molecule has 1 spiro atoms. The van der Waals surface area contributed by atoms with Gasteiger partial charge in [-0.25, -0.2) is 4.79 Å². The maximum atomic E-state index is 12.9. The summed E-state index contributed by atoms with van der Waals surface area (Å²) in [4.78, 5) is 53.6. The standard InChI is InChI=1S/C22H36N4O4/c1-3-4-13-23-19(28)17-9-8-16(2)26(15-17)18(27)10-14-25-20(29)22(24-21(25)30)11-6-5-7-12-22/h16-17H,3-15H2,1-2H3,(H,23,28)(H,24,30). The summed E-state index contributed by atoms with van der Waals surface area (Å²) in [6, 6.07) is -0.320. The van der Waals surface area contributed by atoms with E-state index in [2.05, 4.69) is 17.6 Å². The van der Waals surface area contributed by atoms with Crippen LogP contribution in [0.1, 0.15) is 78.1 Å². The number of carbonyl (C=O) groups excluding carboxylic acids is 4. The average Bonchev–Trinajstić information content (AvgIpc) is 2.96. The Morgan fingerprint density at radius 1 is 1.17 bits per heavy atom. The van der Waals surface area contributed by atoms with Crippen molar-refractivity contribution in [2.24, 2.45) is 5.92 Å². The van der Waals surface area contributed by atoms with Crippen molar-refractivity contribution in [1.29, 1.82) is 0 Å². The molecule has 2 unspecified atom stereocenters.